The number of fused-ring (bicyclic) bond motifs is 2. The van der Waals surface area contributed by atoms with Crippen LogP contribution in [0.2, 0.25) is 0 Å². The average molecular weight is 275 g/mol. The molecule has 0 amide bonds. The maximum absolute atomic E-state index is 10.7. The summed E-state index contributed by atoms with van der Waals surface area (Å²) in [4.78, 5) is 4.32. The lowest BCUT2D eigenvalue weighted by Gasteiger charge is -2.13. The van der Waals surface area contributed by atoms with E-state index < -0.39 is 6.10 Å². The van der Waals surface area contributed by atoms with E-state index in [1.807, 2.05) is 30.3 Å². The Bertz CT molecular complexity index is 810. The zero-order valence-corrected chi connectivity index (χ0v) is 11.8. The molecule has 104 valence electrons. The molecule has 1 aliphatic carbocycles. The van der Waals surface area contributed by atoms with Gasteiger partial charge in [0.25, 0.3) is 0 Å². The van der Waals surface area contributed by atoms with Gasteiger partial charge in [-0.25, -0.2) is 0 Å². The van der Waals surface area contributed by atoms with Crippen LogP contribution in [-0.2, 0) is 12.8 Å². The predicted molar refractivity (Wildman–Crippen MR) is 84.3 cm³/mol. The Labute approximate surface area is 124 Å². The van der Waals surface area contributed by atoms with Gasteiger partial charge in [-0.3, -0.25) is 4.98 Å². The van der Waals surface area contributed by atoms with Crippen molar-refractivity contribution in [2.45, 2.75) is 25.4 Å². The third-order valence-corrected chi connectivity index (χ3v) is 4.38. The van der Waals surface area contributed by atoms with Gasteiger partial charge in [-0.15, -0.1) is 0 Å². The second-order valence-corrected chi connectivity index (χ2v) is 5.74. The number of benzene rings is 2. The van der Waals surface area contributed by atoms with Gasteiger partial charge in [0.1, 0.15) is 6.10 Å². The van der Waals surface area contributed by atoms with E-state index in [1.165, 1.54) is 24.0 Å². The summed E-state index contributed by atoms with van der Waals surface area (Å²) in [6.07, 6.45) is 4.76. The molecule has 0 bridgehead atoms. The molecule has 2 heteroatoms. The molecule has 0 aliphatic heterocycles. The highest BCUT2D eigenvalue weighted by Gasteiger charge is 2.16. The second kappa shape index (κ2) is 4.97. The zero-order valence-electron chi connectivity index (χ0n) is 11.8. The van der Waals surface area contributed by atoms with Gasteiger partial charge in [0.05, 0.1) is 5.52 Å². The highest BCUT2D eigenvalue weighted by Crippen LogP contribution is 2.29. The topological polar surface area (TPSA) is 33.1 Å². The highest BCUT2D eigenvalue weighted by atomic mass is 16.3. The first kappa shape index (κ1) is 12.5. The largest absolute Gasteiger partial charge is 0.384 e. The van der Waals surface area contributed by atoms with E-state index in [1.54, 1.807) is 6.20 Å². The molecule has 21 heavy (non-hydrogen) atoms. The normalized spacial score (nSPS) is 15.1. The van der Waals surface area contributed by atoms with Crippen molar-refractivity contribution >= 4 is 10.9 Å². The van der Waals surface area contributed by atoms with Crippen LogP contribution in [0.5, 0.6) is 0 Å². The van der Waals surface area contributed by atoms with E-state index in [4.69, 9.17) is 0 Å². The number of hydrogen-bond acceptors (Lipinski definition) is 2. The molecule has 1 aliphatic rings. The standard InChI is InChI=1S/C19H17NO/c21-19(16-7-6-13-3-1-4-14(13)11-16)17-8-9-18-15(12-17)5-2-10-20-18/h2,5-12,19,21H,1,3-4H2. The molecule has 1 heterocycles. The summed E-state index contributed by atoms with van der Waals surface area (Å²) in [5, 5.41) is 11.7. The Morgan fingerprint density at radius 3 is 2.67 bits per heavy atom. The molecule has 1 aromatic heterocycles. The van der Waals surface area contributed by atoms with Gasteiger partial charge in [-0.1, -0.05) is 30.3 Å². The molecule has 0 saturated heterocycles. The first-order valence-corrected chi connectivity index (χ1v) is 7.46. The van der Waals surface area contributed by atoms with E-state index in [2.05, 4.69) is 23.2 Å². The monoisotopic (exact) mass is 275 g/mol. The molecule has 1 N–H and O–H groups in total. The van der Waals surface area contributed by atoms with Crippen LogP contribution in [0.25, 0.3) is 10.9 Å². The second-order valence-electron chi connectivity index (χ2n) is 5.74. The van der Waals surface area contributed by atoms with Crippen LogP contribution in [0.1, 0.15) is 34.8 Å². The molecule has 0 saturated carbocycles. The van der Waals surface area contributed by atoms with E-state index >= 15 is 0 Å². The number of aromatic nitrogens is 1. The van der Waals surface area contributed by atoms with Crippen LogP contribution in [0, 0.1) is 0 Å². The van der Waals surface area contributed by atoms with Crippen molar-refractivity contribution in [2.75, 3.05) is 0 Å². The summed E-state index contributed by atoms with van der Waals surface area (Å²) >= 11 is 0. The van der Waals surface area contributed by atoms with E-state index in [9.17, 15) is 5.11 Å². The third-order valence-electron chi connectivity index (χ3n) is 4.38. The minimum Gasteiger partial charge on any atom is -0.384 e. The maximum atomic E-state index is 10.7. The molecule has 3 aromatic rings. The lowest BCUT2D eigenvalue weighted by molar-refractivity contribution is 0.220. The molecule has 0 spiro atoms. The molecule has 2 aromatic carbocycles. The number of aryl methyl sites for hydroxylation is 2. The van der Waals surface area contributed by atoms with Crippen LogP contribution in [0.15, 0.2) is 54.7 Å². The van der Waals surface area contributed by atoms with Crippen LogP contribution < -0.4 is 0 Å². The minimum atomic E-state index is -0.569. The first-order chi connectivity index (χ1) is 10.3. The molecular formula is C19H17NO. The summed E-state index contributed by atoms with van der Waals surface area (Å²) < 4.78 is 0. The summed E-state index contributed by atoms with van der Waals surface area (Å²) in [6.45, 7) is 0. The fourth-order valence-corrected chi connectivity index (χ4v) is 3.22. The molecule has 0 fully saturated rings. The van der Waals surface area contributed by atoms with Crippen molar-refractivity contribution in [3.8, 4) is 0 Å². The van der Waals surface area contributed by atoms with Crippen LogP contribution in [-0.4, -0.2) is 10.1 Å². The van der Waals surface area contributed by atoms with Crippen molar-refractivity contribution in [1.29, 1.82) is 0 Å². The maximum Gasteiger partial charge on any atom is 0.104 e. The summed E-state index contributed by atoms with van der Waals surface area (Å²) in [7, 11) is 0. The van der Waals surface area contributed by atoms with E-state index in [0.717, 1.165) is 28.5 Å². The fraction of sp³-hybridized carbons (Fsp3) is 0.211. The highest BCUT2D eigenvalue weighted by molar-refractivity contribution is 5.79. The van der Waals surface area contributed by atoms with Gasteiger partial charge in [-0.2, -0.15) is 0 Å². The molecule has 0 radical (unpaired) electrons. The lowest BCUT2D eigenvalue weighted by atomic mass is 9.97. The zero-order chi connectivity index (χ0) is 14.2. The number of rotatable bonds is 2. The van der Waals surface area contributed by atoms with Crippen molar-refractivity contribution < 1.29 is 5.11 Å². The number of pyridine rings is 1. The predicted octanol–water partition coefficient (Wildman–Crippen LogP) is 3.81. The third kappa shape index (κ3) is 2.22. The SMILES string of the molecule is OC(c1ccc2c(c1)CCC2)c1ccc2ncccc2c1. The van der Waals surface area contributed by atoms with Crippen molar-refractivity contribution in [2.24, 2.45) is 0 Å². The Hall–Kier alpha value is -2.19. The summed E-state index contributed by atoms with van der Waals surface area (Å²) in [5.74, 6) is 0. The van der Waals surface area contributed by atoms with Crippen molar-refractivity contribution in [3.63, 3.8) is 0 Å². The Morgan fingerprint density at radius 2 is 1.71 bits per heavy atom. The number of nitrogens with zero attached hydrogens (tertiary/aromatic N) is 1. The van der Waals surface area contributed by atoms with E-state index in [0.29, 0.717) is 0 Å². The minimum absolute atomic E-state index is 0.569. The molecular weight excluding hydrogens is 258 g/mol. The molecule has 2 nitrogen and oxygen atoms in total. The van der Waals surface area contributed by atoms with Gasteiger partial charge in [0.2, 0.25) is 0 Å². The van der Waals surface area contributed by atoms with Crippen LogP contribution in [0.3, 0.4) is 0 Å². The van der Waals surface area contributed by atoms with Crippen LogP contribution >= 0.6 is 0 Å². The van der Waals surface area contributed by atoms with E-state index in [-0.39, 0.29) is 0 Å². The Kier molecular flexibility index (Phi) is 2.97. The van der Waals surface area contributed by atoms with Gasteiger partial charge < -0.3 is 5.11 Å². The van der Waals surface area contributed by atoms with Crippen molar-refractivity contribution in [1.82, 2.24) is 4.98 Å². The molecule has 4 rings (SSSR count). The van der Waals surface area contributed by atoms with Crippen molar-refractivity contribution in [3.05, 3.63) is 77.0 Å². The van der Waals surface area contributed by atoms with Gasteiger partial charge >= 0.3 is 0 Å². The quantitative estimate of drug-likeness (QED) is 0.771. The van der Waals surface area contributed by atoms with Gasteiger partial charge in [0.15, 0.2) is 0 Å². The number of aliphatic hydroxyl groups excluding tert-OH is 1. The Morgan fingerprint density at radius 1 is 0.905 bits per heavy atom. The Balaban J connectivity index is 1.73. The smallest absolute Gasteiger partial charge is 0.104 e. The average Bonchev–Trinajstić information content (AvgIpc) is 3.01. The summed E-state index contributed by atoms with van der Waals surface area (Å²) in [6, 6.07) is 16.3. The first-order valence-electron chi connectivity index (χ1n) is 7.46. The summed E-state index contributed by atoms with van der Waals surface area (Å²) in [5.41, 5.74) is 5.71. The number of hydrogen-bond donors (Lipinski definition) is 1. The van der Waals surface area contributed by atoms with Gasteiger partial charge in [0, 0.05) is 11.6 Å². The number of aliphatic hydroxyl groups is 1. The molecule has 1 atom stereocenters. The van der Waals surface area contributed by atoms with Crippen LogP contribution in [0.4, 0.5) is 0 Å². The van der Waals surface area contributed by atoms with Gasteiger partial charge in [-0.05, 0) is 59.7 Å². The molecule has 1 unspecified atom stereocenters. The fourth-order valence-electron chi connectivity index (χ4n) is 3.22. The lowest BCUT2D eigenvalue weighted by Crippen LogP contribution is -2.01.